The third-order valence-electron chi connectivity index (χ3n) is 4.65. The van der Waals surface area contributed by atoms with Gasteiger partial charge in [0, 0.05) is 28.7 Å². The summed E-state index contributed by atoms with van der Waals surface area (Å²) in [7, 11) is 0. The van der Waals surface area contributed by atoms with Crippen molar-refractivity contribution in [2.45, 2.75) is 69.4 Å². The molecule has 1 aliphatic heterocycles. The molecular formula is C21H29N5O2S. The predicted octanol–water partition coefficient (Wildman–Crippen LogP) is 3.22. The first-order valence-corrected chi connectivity index (χ1v) is 10.9. The van der Waals surface area contributed by atoms with E-state index in [1.807, 2.05) is 44.2 Å². The molecule has 2 aromatic rings. The molecule has 0 spiro atoms. The van der Waals surface area contributed by atoms with Gasteiger partial charge < -0.3 is 10.6 Å². The molecule has 2 heterocycles. The molecule has 0 bridgehead atoms. The number of nitrogens with zero attached hydrogens (tertiary/aromatic N) is 2. The summed E-state index contributed by atoms with van der Waals surface area (Å²) < 4.78 is 1.63. The van der Waals surface area contributed by atoms with Crippen LogP contribution in [0, 0.1) is 6.92 Å². The topological polar surface area (TPSA) is 88.1 Å². The Labute approximate surface area is 176 Å². The lowest BCUT2D eigenvalue weighted by Gasteiger charge is -2.31. The van der Waals surface area contributed by atoms with Crippen LogP contribution in [0.4, 0.5) is 5.82 Å². The van der Waals surface area contributed by atoms with E-state index >= 15 is 0 Å². The summed E-state index contributed by atoms with van der Waals surface area (Å²) in [6, 6.07) is 9.97. The van der Waals surface area contributed by atoms with E-state index in [-0.39, 0.29) is 24.3 Å². The Morgan fingerprint density at radius 1 is 1.34 bits per heavy atom. The first-order valence-electron chi connectivity index (χ1n) is 10.0. The minimum atomic E-state index is -0.474. The second-order valence-corrected chi connectivity index (χ2v) is 9.25. The molecule has 0 radical (unpaired) electrons. The van der Waals surface area contributed by atoms with Crippen LogP contribution < -0.4 is 16.0 Å². The van der Waals surface area contributed by atoms with Crippen molar-refractivity contribution in [3.05, 3.63) is 41.6 Å². The smallest absolute Gasteiger partial charge is 0.229 e. The van der Waals surface area contributed by atoms with Crippen LogP contribution in [-0.4, -0.2) is 32.9 Å². The molecule has 1 aromatic carbocycles. The van der Waals surface area contributed by atoms with Crippen LogP contribution in [-0.2, 0) is 16.0 Å². The Morgan fingerprint density at radius 2 is 2.07 bits per heavy atom. The van der Waals surface area contributed by atoms with E-state index in [0.29, 0.717) is 17.5 Å². The van der Waals surface area contributed by atoms with Gasteiger partial charge in [-0.2, -0.15) is 5.10 Å². The number of benzene rings is 1. The average Bonchev–Trinajstić information content (AvgIpc) is 3.02. The van der Waals surface area contributed by atoms with Crippen molar-refractivity contribution in [1.82, 2.24) is 20.4 Å². The van der Waals surface area contributed by atoms with Crippen LogP contribution in [0.15, 0.2) is 35.2 Å². The van der Waals surface area contributed by atoms with Gasteiger partial charge in [-0.1, -0.05) is 32.9 Å². The molecule has 0 saturated carbocycles. The van der Waals surface area contributed by atoms with Crippen LogP contribution in [0.2, 0.25) is 0 Å². The summed E-state index contributed by atoms with van der Waals surface area (Å²) in [6.07, 6.45) is 1.09. The molecule has 29 heavy (non-hydrogen) atoms. The van der Waals surface area contributed by atoms with Crippen LogP contribution in [0.3, 0.4) is 0 Å². The number of hydrogen-bond donors (Lipinski definition) is 3. The third kappa shape index (κ3) is 5.83. The van der Waals surface area contributed by atoms with Gasteiger partial charge >= 0.3 is 0 Å². The van der Waals surface area contributed by atoms with E-state index < -0.39 is 6.29 Å². The van der Waals surface area contributed by atoms with E-state index in [2.05, 4.69) is 34.9 Å². The summed E-state index contributed by atoms with van der Waals surface area (Å²) in [5.74, 6) is 0.420. The fourth-order valence-corrected chi connectivity index (χ4v) is 4.13. The standard InChI is InChI=1S/C21H29N5O2S/c1-5-16-12-20(28)24-21(22-16)26-18(10-14(4)25-26)23-19(27)11-15-6-8-17(9-7-15)29-13(2)3/h6-10,13,16,21-22H,5,11-12H2,1-4H3,(H,23,27)(H,24,28). The monoisotopic (exact) mass is 415 g/mol. The van der Waals surface area contributed by atoms with Crippen molar-refractivity contribution in [2.24, 2.45) is 0 Å². The van der Waals surface area contributed by atoms with Crippen molar-refractivity contribution >= 4 is 29.4 Å². The highest BCUT2D eigenvalue weighted by molar-refractivity contribution is 7.99. The van der Waals surface area contributed by atoms with Gasteiger partial charge in [-0.15, -0.1) is 11.8 Å². The fraction of sp³-hybridized carbons (Fsp3) is 0.476. The lowest BCUT2D eigenvalue weighted by atomic mass is 10.1. The third-order valence-corrected chi connectivity index (χ3v) is 5.66. The number of thioether (sulfide) groups is 1. The number of hydrogen-bond acceptors (Lipinski definition) is 5. The van der Waals surface area contributed by atoms with Gasteiger partial charge in [0.05, 0.1) is 12.1 Å². The zero-order valence-corrected chi connectivity index (χ0v) is 18.2. The summed E-state index contributed by atoms with van der Waals surface area (Å²) >= 11 is 1.80. The summed E-state index contributed by atoms with van der Waals surface area (Å²) in [5, 5.41) is 14.2. The highest BCUT2D eigenvalue weighted by atomic mass is 32.2. The normalized spacial score (nSPS) is 19.3. The van der Waals surface area contributed by atoms with Crippen molar-refractivity contribution in [3.63, 3.8) is 0 Å². The second-order valence-electron chi connectivity index (χ2n) is 7.60. The number of anilines is 1. The van der Waals surface area contributed by atoms with Crippen molar-refractivity contribution in [2.75, 3.05) is 5.32 Å². The SMILES string of the molecule is CCC1CC(=O)NC(n2nc(C)cc2NC(=O)Cc2ccc(SC(C)C)cc2)N1. The largest absolute Gasteiger partial charge is 0.322 e. The number of aryl methyl sites for hydroxylation is 1. The molecule has 7 nitrogen and oxygen atoms in total. The summed E-state index contributed by atoms with van der Waals surface area (Å²) in [5.41, 5.74) is 1.72. The maximum absolute atomic E-state index is 12.6. The Bertz CT molecular complexity index is 862. The van der Waals surface area contributed by atoms with Crippen LogP contribution in [0.5, 0.6) is 0 Å². The van der Waals surface area contributed by atoms with Crippen molar-refractivity contribution in [1.29, 1.82) is 0 Å². The highest BCUT2D eigenvalue weighted by Crippen LogP contribution is 2.23. The van der Waals surface area contributed by atoms with E-state index in [1.165, 1.54) is 4.90 Å². The van der Waals surface area contributed by atoms with Gasteiger partial charge in [-0.3, -0.25) is 14.9 Å². The van der Waals surface area contributed by atoms with Gasteiger partial charge in [0.25, 0.3) is 0 Å². The molecule has 2 atom stereocenters. The van der Waals surface area contributed by atoms with Gasteiger partial charge in [0.1, 0.15) is 5.82 Å². The second kappa shape index (κ2) is 9.45. The number of nitrogens with one attached hydrogen (secondary N) is 3. The number of rotatable bonds is 7. The Kier molecular flexibility index (Phi) is 6.97. The minimum absolute atomic E-state index is 0.0228. The van der Waals surface area contributed by atoms with Crippen LogP contribution in [0.25, 0.3) is 0 Å². The number of aromatic nitrogens is 2. The lowest BCUT2D eigenvalue weighted by Crippen LogP contribution is -2.53. The van der Waals surface area contributed by atoms with Gasteiger partial charge in [-0.05, 0) is 31.0 Å². The highest BCUT2D eigenvalue weighted by Gasteiger charge is 2.28. The van der Waals surface area contributed by atoms with Crippen molar-refractivity contribution in [3.8, 4) is 0 Å². The van der Waals surface area contributed by atoms with Crippen LogP contribution >= 0.6 is 11.8 Å². The maximum atomic E-state index is 12.6. The van der Waals surface area contributed by atoms with E-state index in [4.69, 9.17) is 0 Å². The van der Waals surface area contributed by atoms with E-state index in [1.54, 1.807) is 16.4 Å². The van der Waals surface area contributed by atoms with Gasteiger partial charge in [0.15, 0.2) is 6.29 Å². The first-order chi connectivity index (χ1) is 13.8. The molecule has 1 aromatic heterocycles. The predicted molar refractivity (Wildman–Crippen MR) is 116 cm³/mol. The quantitative estimate of drug-likeness (QED) is 0.605. The molecule has 156 valence electrons. The van der Waals surface area contributed by atoms with Gasteiger partial charge in [0.2, 0.25) is 11.8 Å². The number of amides is 2. The summed E-state index contributed by atoms with van der Waals surface area (Å²) in [4.78, 5) is 25.8. The molecule has 3 rings (SSSR count). The molecule has 3 N–H and O–H groups in total. The first kappa shape index (κ1) is 21.4. The molecule has 2 amide bonds. The van der Waals surface area contributed by atoms with Crippen molar-refractivity contribution < 1.29 is 9.59 Å². The maximum Gasteiger partial charge on any atom is 0.229 e. The molecule has 8 heteroatoms. The fourth-order valence-electron chi connectivity index (χ4n) is 3.29. The molecule has 1 fully saturated rings. The van der Waals surface area contributed by atoms with Gasteiger partial charge in [-0.25, -0.2) is 4.68 Å². The zero-order valence-electron chi connectivity index (χ0n) is 17.4. The van der Waals surface area contributed by atoms with E-state index in [9.17, 15) is 9.59 Å². The number of carbonyl (C=O) groups excluding carboxylic acids is 2. The molecule has 2 unspecified atom stereocenters. The average molecular weight is 416 g/mol. The number of carbonyl (C=O) groups is 2. The molecular weight excluding hydrogens is 386 g/mol. The Hall–Kier alpha value is -2.32. The molecule has 0 aliphatic carbocycles. The zero-order chi connectivity index (χ0) is 21.0. The Morgan fingerprint density at radius 3 is 2.72 bits per heavy atom. The van der Waals surface area contributed by atoms with Crippen LogP contribution in [0.1, 0.15) is 51.2 Å². The molecule has 1 saturated heterocycles. The summed E-state index contributed by atoms with van der Waals surface area (Å²) in [6.45, 7) is 8.21. The lowest BCUT2D eigenvalue weighted by molar-refractivity contribution is -0.125. The minimum Gasteiger partial charge on any atom is -0.322 e. The van der Waals surface area contributed by atoms with E-state index in [0.717, 1.165) is 17.7 Å². The molecule has 1 aliphatic rings. The Balaban J connectivity index is 1.67.